The van der Waals surface area contributed by atoms with E-state index in [0.29, 0.717) is 25.2 Å². The van der Waals surface area contributed by atoms with Gasteiger partial charge >= 0.3 is 5.97 Å². The molecular formula is C30H42O8. The van der Waals surface area contributed by atoms with Crippen LogP contribution >= 0.6 is 0 Å². The lowest BCUT2D eigenvalue weighted by molar-refractivity contribution is -0.269. The molecule has 0 bridgehead atoms. The molecule has 0 amide bonds. The van der Waals surface area contributed by atoms with E-state index in [1.807, 2.05) is 19.9 Å². The summed E-state index contributed by atoms with van der Waals surface area (Å²) in [6.45, 7) is 6.26. The van der Waals surface area contributed by atoms with Crippen molar-refractivity contribution in [1.29, 1.82) is 0 Å². The van der Waals surface area contributed by atoms with E-state index < -0.39 is 23.4 Å². The van der Waals surface area contributed by atoms with E-state index in [-0.39, 0.29) is 53.9 Å². The molecule has 0 aromatic heterocycles. The van der Waals surface area contributed by atoms with Gasteiger partial charge in [-0.2, -0.15) is 0 Å². The number of esters is 1. The first-order chi connectivity index (χ1) is 18.0. The third kappa shape index (κ3) is 3.74. The SMILES string of the molecule is CO[C@H]1C[C@H](O[C@H]2CC[C@]3(C)C4=CC(=O)[C@]5(C)[C@@H](C6=CC(=O)OC6)CC[C@]5(O)[C@@H]4CC[C@@H]3C2)O[C@@H](C)[C@@H]1O. The van der Waals surface area contributed by atoms with Crippen LogP contribution in [0.25, 0.3) is 0 Å². The Balaban J connectivity index is 1.21. The maximum absolute atomic E-state index is 13.9. The molecular weight excluding hydrogens is 488 g/mol. The van der Waals surface area contributed by atoms with Crippen molar-refractivity contribution in [2.75, 3.05) is 13.7 Å². The zero-order valence-corrected chi connectivity index (χ0v) is 23.0. The summed E-state index contributed by atoms with van der Waals surface area (Å²) in [4.78, 5) is 25.7. The molecule has 0 unspecified atom stereocenters. The minimum Gasteiger partial charge on any atom is -0.458 e. The number of methoxy groups -OCH3 is 1. The monoisotopic (exact) mass is 530 g/mol. The number of carbonyl (C=O) groups is 2. The van der Waals surface area contributed by atoms with Crippen molar-refractivity contribution in [3.63, 3.8) is 0 Å². The second-order valence-electron chi connectivity index (χ2n) is 13.1. The number of ether oxygens (including phenoxy) is 4. The highest BCUT2D eigenvalue weighted by Crippen LogP contribution is 2.67. The molecule has 1 saturated heterocycles. The summed E-state index contributed by atoms with van der Waals surface area (Å²) in [5.41, 5.74) is -0.253. The average molecular weight is 531 g/mol. The molecule has 2 aliphatic heterocycles. The van der Waals surface area contributed by atoms with E-state index in [1.165, 1.54) is 6.08 Å². The smallest absolute Gasteiger partial charge is 0.331 e. The van der Waals surface area contributed by atoms with Gasteiger partial charge in [0.1, 0.15) is 12.7 Å². The molecule has 6 aliphatic rings. The third-order valence-corrected chi connectivity index (χ3v) is 11.5. The van der Waals surface area contributed by atoms with E-state index in [9.17, 15) is 19.8 Å². The number of hydrogen-bond donors (Lipinski definition) is 2. The standard InChI is InChI=1S/C30H42O8/c1-16-27(33)23(35-4)14-26(37-16)38-19-7-9-28(2)18(12-19)5-6-21-22(28)13-24(31)29(3)20(8-10-30(21,29)34)17-11-25(32)36-15-17/h11,13,16,18-21,23,26-27,33-34H,5-10,12,14-15H2,1-4H3/t16-,18+,19-,20+,21+,23-,26-,27-,28-,29-,30-/m0/s1. The van der Waals surface area contributed by atoms with E-state index in [1.54, 1.807) is 7.11 Å². The predicted molar refractivity (Wildman–Crippen MR) is 137 cm³/mol. The van der Waals surface area contributed by atoms with Gasteiger partial charge in [0.05, 0.1) is 29.3 Å². The Morgan fingerprint density at radius 2 is 1.82 bits per heavy atom. The Morgan fingerprint density at radius 3 is 2.53 bits per heavy atom. The fraction of sp³-hybridized carbons (Fsp3) is 0.800. The fourth-order valence-corrected chi connectivity index (χ4v) is 9.10. The van der Waals surface area contributed by atoms with Gasteiger partial charge in [0, 0.05) is 25.5 Å². The number of cyclic esters (lactones) is 1. The van der Waals surface area contributed by atoms with Gasteiger partial charge in [-0.05, 0) is 87.7 Å². The minimum absolute atomic E-state index is 0.0111. The first-order valence-electron chi connectivity index (χ1n) is 14.4. The van der Waals surface area contributed by atoms with E-state index in [4.69, 9.17) is 18.9 Å². The fourth-order valence-electron chi connectivity index (χ4n) is 9.10. The summed E-state index contributed by atoms with van der Waals surface area (Å²) in [7, 11) is 1.61. The summed E-state index contributed by atoms with van der Waals surface area (Å²) in [6, 6.07) is 0. The summed E-state index contributed by atoms with van der Waals surface area (Å²) in [5.74, 6) is -0.240. The zero-order chi connectivity index (χ0) is 27.0. The van der Waals surface area contributed by atoms with Crippen molar-refractivity contribution in [1.82, 2.24) is 0 Å². The molecule has 4 fully saturated rings. The number of fused-ring (bicyclic) bond motifs is 5. The Labute approximate surface area is 224 Å². The van der Waals surface area contributed by atoms with Crippen molar-refractivity contribution in [3.8, 4) is 0 Å². The van der Waals surface area contributed by atoms with Gasteiger partial charge in [0.25, 0.3) is 0 Å². The molecule has 11 atom stereocenters. The van der Waals surface area contributed by atoms with Crippen molar-refractivity contribution in [2.24, 2.45) is 28.6 Å². The van der Waals surface area contributed by atoms with Crippen LogP contribution in [-0.2, 0) is 28.5 Å². The van der Waals surface area contributed by atoms with Crippen LogP contribution in [-0.4, -0.2) is 72.0 Å². The van der Waals surface area contributed by atoms with Crippen molar-refractivity contribution in [2.45, 2.75) is 108 Å². The maximum atomic E-state index is 13.9. The van der Waals surface area contributed by atoms with Gasteiger partial charge < -0.3 is 29.2 Å². The summed E-state index contributed by atoms with van der Waals surface area (Å²) < 4.78 is 23.0. The Morgan fingerprint density at radius 1 is 1.03 bits per heavy atom. The molecule has 8 nitrogen and oxygen atoms in total. The normalized spacial score (nSPS) is 50.5. The molecule has 2 N–H and O–H groups in total. The highest BCUT2D eigenvalue weighted by atomic mass is 16.7. The zero-order valence-electron chi connectivity index (χ0n) is 23.0. The molecule has 0 aromatic rings. The summed E-state index contributed by atoms with van der Waals surface area (Å²) >= 11 is 0. The molecule has 3 saturated carbocycles. The van der Waals surface area contributed by atoms with Crippen LogP contribution in [0.4, 0.5) is 0 Å². The van der Waals surface area contributed by atoms with Crippen LogP contribution in [0, 0.1) is 28.6 Å². The first-order valence-corrected chi connectivity index (χ1v) is 14.4. The Bertz CT molecular complexity index is 1070. The van der Waals surface area contributed by atoms with Crippen LogP contribution < -0.4 is 0 Å². The molecule has 4 aliphatic carbocycles. The minimum atomic E-state index is -1.12. The number of aliphatic hydroxyl groups is 2. The second kappa shape index (κ2) is 9.23. The van der Waals surface area contributed by atoms with Crippen LogP contribution in [0.15, 0.2) is 23.3 Å². The molecule has 6 rings (SSSR count). The largest absolute Gasteiger partial charge is 0.458 e. The topological polar surface area (TPSA) is 112 Å². The average Bonchev–Trinajstić information content (AvgIpc) is 3.43. The molecule has 210 valence electrons. The van der Waals surface area contributed by atoms with Crippen molar-refractivity contribution in [3.05, 3.63) is 23.3 Å². The quantitative estimate of drug-likeness (QED) is 0.421. The number of rotatable bonds is 4. The lowest BCUT2D eigenvalue weighted by Gasteiger charge is -2.59. The highest BCUT2D eigenvalue weighted by molar-refractivity contribution is 5.99. The first kappa shape index (κ1) is 26.6. The molecule has 0 aromatic carbocycles. The lowest BCUT2D eigenvalue weighted by atomic mass is 9.47. The van der Waals surface area contributed by atoms with Crippen molar-refractivity contribution < 1.29 is 38.7 Å². The van der Waals surface area contributed by atoms with E-state index in [2.05, 4.69) is 6.92 Å². The number of ketones is 1. The van der Waals surface area contributed by atoms with Gasteiger partial charge in [0.15, 0.2) is 12.1 Å². The van der Waals surface area contributed by atoms with Crippen LogP contribution in [0.1, 0.15) is 72.1 Å². The summed E-state index contributed by atoms with van der Waals surface area (Å²) in [5, 5.41) is 22.6. The van der Waals surface area contributed by atoms with Crippen LogP contribution in [0.5, 0.6) is 0 Å². The molecule has 8 heteroatoms. The number of hydrogen-bond acceptors (Lipinski definition) is 8. The van der Waals surface area contributed by atoms with Crippen molar-refractivity contribution >= 4 is 11.8 Å². The molecule has 38 heavy (non-hydrogen) atoms. The van der Waals surface area contributed by atoms with Gasteiger partial charge in [-0.25, -0.2) is 4.79 Å². The number of allylic oxidation sites excluding steroid dienone is 1. The number of carbonyl (C=O) groups excluding carboxylic acids is 2. The maximum Gasteiger partial charge on any atom is 0.331 e. The van der Waals surface area contributed by atoms with Gasteiger partial charge in [-0.3, -0.25) is 4.79 Å². The Hall–Kier alpha value is -1.58. The third-order valence-electron chi connectivity index (χ3n) is 11.5. The van der Waals surface area contributed by atoms with E-state index >= 15 is 0 Å². The van der Waals surface area contributed by atoms with Gasteiger partial charge in [-0.15, -0.1) is 0 Å². The van der Waals surface area contributed by atoms with Crippen LogP contribution in [0.2, 0.25) is 0 Å². The lowest BCUT2D eigenvalue weighted by Crippen LogP contribution is -2.61. The molecule has 2 heterocycles. The van der Waals surface area contributed by atoms with Crippen LogP contribution in [0.3, 0.4) is 0 Å². The van der Waals surface area contributed by atoms with E-state index in [0.717, 1.165) is 43.3 Å². The predicted octanol–water partition coefficient (Wildman–Crippen LogP) is 3.24. The highest BCUT2D eigenvalue weighted by Gasteiger charge is 2.68. The van der Waals surface area contributed by atoms with Gasteiger partial charge in [0.2, 0.25) is 0 Å². The van der Waals surface area contributed by atoms with Gasteiger partial charge in [-0.1, -0.05) is 12.5 Å². The summed E-state index contributed by atoms with van der Waals surface area (Å²) in [6.07, 6.45) is 7.91. The number of aliphatic hydroxyl groups excluding tert-OH is 1. The second-order valence-corrected chi connectivity index (χ2v) is 13.1. The Kier molecular flexibility index (Phi) is 6.47. The molecule has 0 spiro atoms. The molecule has 0 radical (unpaired) electrons.